The molecule has 130 heavy (non-hydrogen) atoms. The highest BCUT2D eigenvalue weighted by Crippen LogP contribution is 2.41. The summed E-state index contributed by atoms with van der Waals surface area (Å²) in [4.78, 5) is 0. The van der Waals surface area contributed by atoms with Crippen molar-refractivity contribution in [3.63, 3.8) is 0 Å². The molecule has 0 aromatic heterocycles. The molecule has 6 aromatic rings. The molecule has 10 heteroatoms. The van der Waals surface area contributed by atoms with Gasteiger partial charge in [-0.2, -0.15) is 0 Å². The fraction of sp³-hybridized carbons (Fsp3) is 0.583. The number of ether oxygens (including phenoxy) is 10. The van der Waals surface area contributed by atoms with Crippen LogP contribution in [0.3, 0.4) is 0 Å². The Balaban J connectivity index is 1.45. The minimum absolute atomic E-state index is 0.605. The van der Waals surface area contributed by atoms with Gasteiger partial charge in [-0.25, -0.2) is 0 Å². The molecule has 0 aliphatic carbocycles. The molecule has 0 fully saturated rings. The molecule has 0 N–H and O–H groups in total. The Labute approximate surface area is 794 Å². The first-order valence-corrected chi connectivity index (χ1v) is 53.0. The zero-order valence-corrected chi connectivity index (χ0v) is 83.9. The molecule has 0 radical (unpaired) electrons. The Hall–Kier alpha value is -8.50. The van der Waals surface area contributed by atoms with Crippen LogP contribution in [0.4, 0.5) is 0 Å². The molecular formula is C120H180O10. The average Bonchev–Trinajstić information content (AvgIpc) is 0.723. The lowest BCUT2D eigenvalue weighted by Gasteiger charge is -2.17. The van der Waals surface area contributed by atoms with Gasteiger partial charge in [0.25, 0.3) is 0 Å². The Bertz CT molecular complexity index is 4100. The third-order valence-corrected chi connectivity index (χ3v) is 24.4. The lowest BCUT2D eigenvalue weighted by Crippen LogP contribution is -2.04. The smallest absolute Gasteiger partial charge is 0.127 e. The van der Waals surface area contributed by atoms with Gasteiger partial charge in [-0.15, -0.1) is 0 Å². The van der Waals surface area contributed by atoms with E-state index in [-0.39, 0.29) is 0 Å². The highest BCUT2D eigenvalue weighted by atomic mass is 16.5. The standard InChI is InChI=1S/C120H180O10/c1-13-25-35-45-55-79-121-111-91-105(113(89-101(111)23-11)123-81-57-47-37-27-15-3)73-75-107-95-115(125-83-59-49-39-29-17-5)103(93-117(107)127-85-61-51-41-31-19-7)71-69-99-65-67-100(68-66-99)70-72-104-94-118(128-86-62-52-42-32-20-8)108(96-116(104)126-84-60-50-40-30-18-6)77-78-110-98-119(129-87-63-53-43-33-21-9)109(97-120(110)130-88-64-54-44-34-22-10)76-74-106-92-112(122-80-56-46-36-26-14-2)102(24-12)90-114(106)124-82-58-48-38-28-16-4/h23-24,65-78,89-98H,11-22,25-64,79-88H2,1-10H3/b71-69+,72-70+,75-73+,76-74+,78-77+. The second-order valence-corrected chi connectivity index (χ2v) is 36.0. The summed E-state index contributed by atoms with van der Waals surface area (Å²) in [6, 6.07) is 30.6. The van der Waals surface area contributed by atoms with E-state index in [0.717, 1.165) is 253 Å². The largest absolute Gasteiger partial charge is 0.493 e. The fourth-order valence-electron chi connectivity index (χ4n) is 16.1. The van der Waals surface area contributed by atoms with Crippen molar-refractivity contribution in [2.45, 2.75) is 390 Å². The predicted molar refractivity (Wildman–Crippen MR) is 566 cm³/mol. The van der Waals surface area contributed by atoms with Crippen molar-refractivity contribution in [1.82, 2.24) is 0 Å². The zero-order valence-electron chi connectivity index (χ0n) is 83.9. The Kier molecular flexibility index (Phi) is 61.9. The van der Waals surface area contributed by atoms with Gasteiger partial charge in [-0.3, -0.25) is 0 Å². The van der Waals surface area contributed by atoms with Crippen LogP contribution in [0.1, 0.15) is 457 Å². The minimum atomic E-state index is 0.605. The Morgan fingerprint density at radius 3 is 0.400 bits per heavy atom. The summed E-state index contributed by atoms with van der Waals surface area (Å²) >= 11 is 0. The van der Waals surface area contributed by atoms with E-state index in [1.807, 2.05) is 12.2 Å². The maximum atomic E-state index is 7.00. The molecule has 0 atom stereocenters. The van der Waals surface area contributed by atoms with E-state index in [2.05, 4.69) is 228 Å². The maximum absolute atomic E-state index is 7.00. The van der Waals surface area contributed by atoms with E-state index in [0.29, 0.717) is 66.1 Å². The molecule has 0 saturated carbocycles. The van der Waals surface area contributed by atoms with Crippen LogP contribution in [0.15, 0.2) is 98.1 Å². The van der Waals surface area contributed by atoms with Gasteiger partial charge in [0, 0.05) is 55.6 Å². The zero-order chi connectivity index (χ0) is 92.6. The molecule has 0 unspecified atom stereocenters. The molecule has 0 aliphatic heterocycles. The van der Waals surface area contributed by atoms with Gasteiger partial charge in [0.05, 0.1) is 66.1 Å². The van der Waals surface area contributed by atoms with E-state index in [4.69, 9.17) is 47.4 Å². The summed E-state index contributed by atoms with van der Waals surface area (Å²) in [7, 11) is 0. The molecular weight excluding hydrogens is 1600 g/mol. The number of hydrogen-bond acceptors (Lipinski definition) is 10. The Morgan fingerprint density at radius 1 is 0.154 bits per heavy atom. The average molecular weight is 1780 g/mol. The monoisotopic (exact) mass is 1780 g/mol. The number of benzene rings is 6. The molecule has 10 nitrogen and oxygen atoms in total. The van der Waals surface area contributed by atoms with E-state index < -0.39 is 0 Å². The summed E-state index contributed by atoms with van der Waals surface area (Å²) < 4.78 is 68.3. The van der Waals surface area contributed by atoms with Crippen molar-refractivity contribution in [2.75, 3.05) is 66.1 Å². The van der Waals surface area contributed by atoms with E-state index >= 15 is 0 Å². The third-order valence-electron chi connectivity index (χ3n) is 24.4. The van der Waals surface area contributed by atoms with Crippen molar-refractivity contribution in [2.24, 2.45) is 0 Å². The van der Waals surface area contributed by atoms with Gasteiger partial charge >= 0.3 is 0 Å². The van der Waals surface area contributed by atoms with Crippen LogP contribution in [-0.2, 0) is 0 Å². The van der Waals surface area contributed by atoms with Crippen molar-refractivity contribution < 1.29 is 47.4 Å². The first-order valence-electron chi connectivity index (χ1n) is 53.0. The first kappa shape index (κ1) is 110. The lowest BCUT2D eigenvalue weighted by atomic mass is 10.0. The molecule has 6 aromatic carbocycles. The van der Waals surface area contributed by atoms with Gasteiger partial charge in [-0.05, 0) is 136 Å². The molecule has 0 saturated heterocycles. The van der Waals surface area contributed by atoms with Gasteiger partial charge in [-0.1, -0.05) is 436 Å². The molecule has 720 valence electrons. The topological polar surface area (TPSA) is 92.3 Å². The van der Waals surface area contributed by atoms with Crippen molar-refractivity contribution in [1.29, 1.82) is 0 Å². The summed E-state index contributed by atoms with van der Waals surface area (Å²) in [6.07, 6.45) is 83.4. The SMILES string of the molecule is C=Cc1cc(OCCCCCCC)c(/C=C/c2cc(OCCCCCCC)c(/C=C/c3ccc(/C=C/c4cc(OCCCCCCC)c(/C=C/c5cc(OCCCCCCC)c(/C=C/c6cc(OCCCCCCC)c(C=C)cc6OCCCCCCC)cc5OCCCCCCC)cc4OCCCCCCC)cc3)cc2OCCCCCCC)cc1OCCCCCCC. The first-order chi connectivity index (χ1) is 64.1. The van der Waals surface area contributed by atoms with Crippen LogP contribution < -0.4 is 47.4 Å². The molecule has 0 bridgehead atoms. The van der Waals surface area contributed by atoms with Crippen molar-refractivity contribution >= 4 is 72.9 Å². The minimum Gasteiger partial charge on any atom is -0.493 e. The number of hydrogen-bond donors (Lipinski definition) is 0. The van der Waals surface area contributed by atoms with E-state index in [9.17, 15) is 0 Å². The third kappa shape index (κ3) is 46.2. The van der Waals surface area contributed by atoms with Crippen molar-refractivity contribution in [3.8, 4) is 57.5 Å². The fourth-order valence-corrected chi connectivity index (χ4v) is 16.1. The van der Waals surface area contributed by atoms with E-state index in [1.54, 1.807) is 0 Å². The second-order valence-electron chi connectivity index (χ2n) is 36.0. The molecule has 0 amide bonds. The summed E-state index contributed by atoms with van der Waals surface area (Å²) in [6.45, 7) is 37.5. The molecule has 6 rings (SSSR count). The Morgan fingerprint density at radius 2 is 0.269 bits per heavy atom. The van der Waals surface area contributed by atoms with Gasteiger partial charge in [0.1, 0.15) is 57.5 Å². The second kappa shape index (κ2) is 73.0. The van der Waals surface area contributed by atoms with Crippen molar-refractivity contribution in [3.05, 3.63) is 165 Å². The van der Waals surface area contributed by atoms with Crippen LogP contribution in [0.5, 0.6) is 57.5 Å². The number of rotatable bonds is 82. The van der Waals surface area contributed by atoms with Crippen LogP contribution in [-0.4, -0.2) is 66.1 Å². The predicted octanol–water partition coefficient (Wildman–Crippen LogP) is 37.3. The normalized spacial score (nSPS) is 11.7. The highest BCUT2D eigenvalue weighted by Gasteiger charge is 2.19. The van der Waals surface area contributed by atoms with Gasteiger partial charge < -0.3 is 47.4 Å². The van der Waals surface area contributed by atoms with Gasteiger partial charge in [0.2, 0.25) is 0 Å². The molecule has 0 spiro atoms. The van der Waals surface area contributed by atoms with Crippen LogP contribution >= 0.6 is 0 Å². The lowest BCUT2D eigenvalue weighted by molar-refractivity contribution is 0.295. The molecule has 0 aliphatic rings. The summed E-state index contributed by atoms with van der Waals surface area (Å²) in [5.74, 6) is 8.24. The van der Waals surface area contributed by atoms with Crippen LogP contribution in [0, 0.1) is 0 Å². The number of unbranched alkanes of at least 4 members (excludes halogenated alkanes) is 40. The highest BCUT2D eigenvalue weighted by molar-refractivity contribution is 5.85. The summed E-state index contributed by atoms with van der Waals surface area (Å²) in [5, 5.41) is 0. The summed E-state index contributed by atoms with van der Waals surface area (Å²) in [5.41, 5.74) is 11.7. The van der Waals surface area contributed by atoms with Crippen LogP contribution in [0.25, 0.3) is 72.9 Å². The molecule has 0 heterocycles. The van der Waals surface area contributed by atoms with Gasteiger partial charge in [0.15, 0.2) is 0 Å². The quantitative estimate of drug-likeness (QED) is 0.0272. The maximum Gasteiger partial charge on any atom is 0.127 e. The van der Waals surface area contributed by atoms with E-state index in [1.165, 1.54) is 193 Å². The van der Waals surface area contributed by atoms with Crippen LogP contribution in [0.2, 0.25) is 0 Å².